The molecule has 0 aliphatic carbocycles. The van der Waals surface area contributed by atoms with Crippen LogP contribution in [0.2, 0.25) is 12.6 Å². The molecule has 0 radical (unpaired) electrons. The van der Waals surface area contributed by atoms with Crippen molar-refractivity contribution in [3.8, 4) is 0 Å². The molecule has 2 rings (SSSR count). The minimum Gasteiger partial charge on any atom is -0.349 e. The van der Waals surface area contributed by atoms with Gasteiger partial charge in [-0.2, -0.15) is 0 Å². The molecule has 12 heavy (non-hydrogen) atoms. The van der Waals surface area contributed by atoms with Gasteiger partial charge in [0.2, 0.25) is 13.5 Å². The highest BCUT2D eigenvalue weighted by Crippen LogP contribution is 2.23. The number of hydrogen-bond donors (Lipinski definition) is 0. The summed E-state index contributed by atoms with van der Waals surface area (Å²) in [6.45, 7) is 4.35. The van der Waals surface area contributed by atoms with Crippen molar-refractivity contribution in [2.75, 3.05) is 27.2 Å². The summed E-state index contributed by atoms with van der Waals surface area (Å²) in [6, 6.07) is 0. The highest BCUT2D eigenvalue weighted by molar-refractivity contribution is 7.20. The summed E-state index contributed by atoms with van der Waals surface area (Å²) in [5.74, 6) is 0. The molecule has 0 aromatic carbocycles. The van der Waals surface area contributed by atoms with Crippen LogP contribution in [0.25, 0.3) is 0 Å². The SMILES string of the molecule is CN1CCCB1B1CCCN1C. The van der Waals surface area contributed by atoms with E-state index >= 15 is 0 Å². The Morgan fingerprint density at radius 3 is 1.50 bits per heavy atom. The van der Waals surface area contributed by atoms with E-state index in [9.17, 15) is 0 Å². The molecule has 2 fully saturated rings. The van der Waals surface area contributed by atoms with E-state index in [0.29, 0.717) is 0 Å². The van der Waals surface area contributed by atoms with Crippen LogP contribution in [-0.2, 0) is 0 Å². The van der Waals surface area contributed by atoms with E-state index in [1.54, 1.807) is 0 Å². The number of nitrogens with zero attached hydrogens (tertiary/aromatic N) is 2. The predicted octanol–water partition coefficient (Wildman–Crippen LogP) is 0.719. The van der Waals surface area contributed by atoms with Crippen LogP contribution in [0.1, 0.15) is 12.8 Å². The molecule has 66 valence electrons. The maximum absolute atomic E-state index is 2.55. The van der Waals surface area contributed by atoms with E-state index in [0.717, 1.165) is 13.5 Å². The van der Waals surface area contributed by atoms with Crippen LogP contribution in [0.4, 0.5) is 0 Å². The smallest absolute Gasteiger partial charge is 0.208 e. The largest absolute Gasteiger partial charge is 0.349 e. The standard InChI is InChI=1S/C8H18B2N2/c1-11-7-3-5-9(11)10-6-4-8-12(10)2/h3-8H2,1-2H3. The van der Waals surface area contributed by atoms with Crippen LogP contribution in [-0.4, -0.2) is 50.3 Å². The van der Waals surface area contributed by atoms with Gasteiger partial charge in [0.1, 0.15) is 0 Å². The summed E-state index contributed by atoms with van der Waals surface area (Å²) in [6.07, 6.45) is 5.66. The summed E-state index contributed by atoms with van der Waals surface area (Å²) in [5.41, 5.74) is 0. The fourth-order valence-corrected chi connectivity index (χ4v) is 2.84. The molecule has 0 saturated carbocycles. The molecule has 2 heterocycles. The van der Waals surface area contributed by atoms with Crippen molar-refractivity contribution in [3.63, 3.8) is 0 Å². The maximum Gasteiger partial charge on any atom is 0.208 e. The molecule has 2 saturated heterocycles. The molecule has 2 nitrogen and oxygen atoms in total. The fraction of sp³-hybridized carbons (Fsp3) is 1.00. The summed E-state index contributed by atoms with van der Waals surface area (Å²) in [7, 11) is 4.56. The summed E-state index contributed by atoms with van der Waals surface area (Å²) < 4.78 is 0. The lowest BCUT2D eigenvalue weighted by Gasteiger charge is -2.25. The molecule has 0 atom stereocenters. The molecule has 0 N–H and O–H groups in total. The molecule has 0 amide bonds. The molecular weight excluding hydrogens is 146 g/mol. The summed E-state index contributed by atoms with van der Waals surface area (Å²) in [5, 5.41) is 0. The zero-order valence-corrected chi connectivity index (χ0v) is 8.29. The highest BCUT2D eigenvalue weighted by atomic mass is 15.1. The zero-order valence-electron chi connectivity index (χ0n) is 8.29. The van der Waals surface area contributed by atoms with Gasteiger partial charge in [-0.05, 0) is 40.0 Å². The van der Waals surface area contributed by atoms with Crippen molar-refractivity contribution in [3.05, 3.63) is 0 Å². The van der Waals surface area contributed by atoms with Crippen molar-refractivity contribution in [2.24, 2.45) is 0 Å². The Hall–Kier alpha value is 0.0499. The fourth-order valence-electron chi connectivity index (χ4n) is 2.84. The average molecular weight is 164 g/mol. The maximum atomic E-state index is 2.55. The Balaban J connectivity index is 1.98. The molecule has 0 bridgehead atoms. The lowest BCUT2D eigenvalue weighted by Crippen LogP contribution is -2.51. The van der Waals surface area contributed by atoms with Gasteiger partial charge in [-0.15, -0.1) is 0 Å². The second kappa shape index (κ2) is 3.43. The van der Waals surface area contributed by atoms with Gasteiger partial charge < -0.3 is 9.62 Å². The Morgan fingerprint density at radius 2 is 1.25 bits per heavy atom. The van der Waals surface area contributed by atoms with Crippen molar-refractivity contribution in [2.45, 2.75) is 25.5 Å². The third-order valence-electron chi connectivity index (χ3n) is 3.60. The molecule has 0 unspecified atom stereocenters. The Kier molecular flexibility index (Phi) is 2.47. The van der Waals surface area contributed by atoms with E-state index in [1.807, 2.05) is 0 Å². The van der Waals surface area contributed by atoms with Crippen molar-refractivity contribution in [1.82, 2.24) is 9.62 Å². The first kappa shape index (κ1) is 8.64. The molecule has 4 heteroatoms. The molecule has 2 aliphatic heterocycles. The monoisotopic (exact) mass is 164 g/mol. The van der Waals surface area contributed by atoms with Gasteiger partial charge in [0.05, 0.1) is 0 Å². The van der Waals surface area contributed by atoms with Crippen LogP contribution in [0, 0.1) is 0 Å². The van der Waals surface area contributed by atoms with Crippen molar-refractivity contribution in [1.29, 1.82) is 0 Å². The van der Waals surface area contributed by atoms with Crippen molar-refractivity contribution >= 4 is 13.5 Å². The molecular formula is C8H18B2N2. The van der Waals surface area contributed by atoms with Gasteiger partial charge in [0, 0.05) is 0 Å². The van der Waals surface area contributed by atoms with Crippen molar-refractivity contribution < 1.29 is 0 Å². The minimum absolute atomic E-state index is 0.859. The first-order valence-corrected chi connectivity index (χ1v) is 5.19. The minimum atomic E-state index is 0.859. The third-order valence-corrected chi connectivity index (χ3v) is 3.60. The number of rotatable bonds is 1. The third kappa shape index (κ3) is 1.42. The quantitative estimate of drug-likeness (QED) is 0.526. The zero-order chi connectivity index (χ0) is 8.55. The van der Waals surface area contributed by atoms with Gasteiger partial charge in [-0.25, -0.2) is 0 Å². The first-order valence-electron chi connectivity index (χ1n) is 5.19. The summed E-state index contributed by atoms with van der Waals surface area (Å²) >= 11 is 0. The van der Waals surface area contributed by atoms with Crippen LogP contribution in [0.15, 0.2) is 0 Å². The lowest BCUT2D eigenvalue weighted by molar-refractivity contribution is 0.552. The Morgan fingerprint density at radius 1 is 0.833 bits per heavy atom. The lowest BCUT2D eigenvalue weighted by atomic mass is 9.18. The van der Waals surface area contributed by atoms with Crippen LogP contribution in [0.3, 0.4) is 0 Å². The van der Waals surface area contributed by atoms with Crippen LogP contribution in [0.5, 0.6) is 0 Å². The molecule has 0 spiro atoms. The molecule has 0 aromatic heterocycles. The van der Waals surface area contributed by atoms with Gasteiger partial charge >= 0.3 is 0 Å². The van der Waals surface area contributed by atoms with Gasteiger partial charge in [0.25, 0.3) is 0 Å². The van der Waals surface area contributed by atoms with E-state index in [4.69, 9.17) is 0 Å². The number of hydrogen-bond acceptors (Lipinski definition) is 2. The molecule has 2 aliphatic rings. The normalized spacial score (nSPS) is 27.5. The van der Waals surface area contributed by atoms with E-state index < -0.39 is 0 Å². The second-order valence-electron chi connectivity index (χ2n) is 4.38. The topological polar surface area (TPSA) is 6.48 Å². The van der Waals surface area contributed by atoms with Crippen LogP contribution < -0.4 is 0 Å². The van der Waals surface area contributed by atoms with Gasteiger partial charge in [-0.3, -0.25) is 0 Å². The van der Waals surface area contributed by atoms with E-state index in [1.165, 1.54) is 38.6 Å². The first-order chi connectivity index (χ1) is 5.79. The van der Waals surface area contributed by atoms with E-state index in [-0.39, 0.29) is 0 Å². The van der Waals surface area contributed by atoms with Crippen LogP contribution >= 0.6 is 0 Å². The van der Waals surface area contributed by atoms with Gasteiger partial charge in [0.15, 0.2) is 0 Å². The predicted molar refractivity (Wildman–Crippen MR) is 55.6 cm³/mol. The van der Waals surface area contributed by atoms with E-state index in [2.05, 4.69) is 23.7 Å². The van der Waals surface area contributed by atoms with Gasteiger partial charge in [-0.1, -0.05) is 12.6 Å². The Bertz CT molecular complexity index is 147. The molecule has 0 aromatic rings. The summed E-state index contributed by atoms with van der Waals surface area (Å²) in [4.78, 5) is 5.10. The Labute approximate surface area is 76.5 Å². The average Bonchev–Trinajstić information content (AvgIpc) is 2.59. The second-order valence-corrected chi connectivity index (χ2v) is 4.38. The highest BCUT2D eigenvalue weighted by Gasteiger charge is 2.40.